The monoisotopic (exact) mass is 239 g/mol. The molecule has 2 heterocycles. The van der Waals surface area contributed by atoms with E-state index in [1.165, 1.54) is 0 Å². The molecule has 2 fully saturated rings. The average molecular weight is 239 g/mol. The molecule has 96 valence electrons. The van der Waals surface area contributed by atoms with Crippen LogP contribution in [0, 0.1) is 5.92 Å². The molecule has 0 radical (unpaired) electrons. The number of amides is 2. The molecule has 0 spiro atoms. The number of fused-ring (bicyclic) bond motifs is 1. The lowest BCUT2D eigenvalue weighted by Gasteiger charge is -2.23. The lowest BCUT2D eigenvalue weighted by Crippen LogP contribution is -2.42. The van der Waals surface area contributed by atoms with Crippen LogP contribution in [0.4, 0.5) is 0 Å². The molecule has 5 nitrogen and oxygen atoms in total. The Morgan fingerprint density at radius 3 is 3.00 bits per heavy atom. The molecular weight excluding hydrogens is 218 g/mol. The van der Waals surface area contributed by atoms with Crippen molar-refractivity contribution in [2.24, 2.45) is 5.92 Å². The molecule has 5 heteroatoms. The van der Waals surface area contributed by atoms with Crippen molar-refractivity contribution in [2.45, 2.75) is 38.8 Å². The van der Waals surface area contributed by atoms with Crippen LogP contribution in [0.3, 0.4) is 0 Å². The first-order chi connectivity index (χ1) is 8.08. The summed E-state index contributed by atoms with van der Waals surface area (Å²) in [5.74, 6) is 0.170. The van der Waals surface area contributed by atoms with E-state index < -0.39 is 0 Å². The fourth-order valence-corrected chi connectivity index (χ4v) is 2.69. The van der Waals surface area contributed by atoms with Crippen LogP contribution in [0.15, 0.2) is 0 Å². The number of rotatable bonds is 3. The largest absolute Gasteiger partial charge is 0.352 e. The second-order valence-corrected chi connectivity index (χ2v) is 5.25. The minimum atomic E-state index is -0.0630. The third-order valence-electron chi connectivity index (χ3n) is 3.41. The minimum absolute atomic E-state index is 0.0630. The Morgan fingerprint density at radius 2 is 2.35 bits per heavy atom. The molecule has 0 saturated carbocycles. The van der Waals surface area contributed by atoms with Gasteiger partial charge in [-0.15, -0.1) is 0 Å². The maximum Gasteiger partial charge on any atom is 0.239 e. The van der Waals surface area contributed by atoms with Crippen molar-refractivity contribution in [3.05, 3.63) is 0 Å². The maximum atomic E-state index is 12.1. The van der Waals surface area contributed by atoms with Crippen LogP contribution >= 0.6 is 0 Å². The quantitative estimate of drug-likeness (QED) is 0.712. The Hall–Kier alpha value is -1.10. The predicted octanol–water partition coefficient (Wildman–Crippen LogP) is -0.279. The van der Waals surface area contributed by atoms with E-state index in [1.807, 2.05) is 13.8 Å². The molecule has 0 aromatic heterocycles. The zero-order chi connectivity index (χ0) is 12.4. The second-order valence-electron chi connectivity index (χ2n) is 5.25. The highest BCUT2D eigenvalue weighted by Gasteiger charge is 2.41. The average Bonchev–Trinajstić information content (AvgIpc) is 2.55. The summed E-state index contributed by atoms with van der Waals surface area (Å²) in [6.45, 7) is 5.71. The summed E-state index contributed by atoms with van der Waals surface area (Å²) in [5.41, 5.74) is 0. The molecule has 2 N–H and O–H groups in total. The molecule has 2 atom stereocenters. The number of carbonyl (C=O) groups excluding carboxylic acids is 2. The molecule has 2 aliphatic rings. The summed E-state index contributed by atoms with van der Waals surface area (Å²) < 4.78 is 0. The van der Waals surface area contributed by atoms with Gasteiger partial charge in [0, 0.05) is 18.6 Å². The molecule has 0 aromatic carbocycles. The van der Waals surface area contributed by atoms with Crippen molar-refractivity contribution in [3.8, 4) is 0 Å². The van der Waals surface area contributed by atoms with Crippen molar-refractivity contribution < 1.29 is 9.59 Å². The zero-order valence-electron chi connectivity index (χ0n) is 10.5. The van der Waals surface area contributed by atoms with E-state index in [0.29, 0.717) is 6.54 Å². The van der Waals surface area contributed by atoms with Gasteiger partial charge in [0.15, 0.2) is 0 Å². The number of likely N-dealkylation sites (tertiary alicyclic amines) is 1. The van der Waals surface area contributed by atoms with Crippen LogP contribution in [-0.2, 0) is 9.59 Å². The molecule has 0 bridgehead atoms. The third kappa shape index (κ3) is 2.77. The number of carbonyl (C=O) groups is 2. The zero-order valence-corrected chi connectivity index (χ0v) is 10.5. The van der Waals surface area contributed by atoms with Gasteiger partial charge >= 0.3 is 0 Å². The minimum Gasteiger partial charge on any atom is -0.352 e. The van der Waals surface area contributed by atoms with E-state index in [-0.39, 0.29) is 36.4 Å². The second kappa shape index (κ2) is 5.04. The Bertz CT molecular complexity index is 317. The van der Waals surface area contributed by atoms with Crippen LogP contribution in [0.2, 0.25) is 0 Å². The van der Waals surface area contributed by atoms with Crippen molar-refractivity contribution >= 4 is 11.8 Å². The highest BCUT2D eigenvalue weighted by molar-refractivity contribution is 5.88. The van der Waals surface area contributed by atoms with Gasteiger partial charge in [-0.05, 0) is 33.2 Å². The number of hydrogen-bond acceptors (Lipinski definition) is 3. The van der Waals surface area contributed by atoms with Gasteiger partial charge in [-0.1, -0.05) is 0 Å². The first-order valence-corrected chi connectivity index (χ1v) is 6.39. The highest BCUT2D eigenvalue weighted by Crippen LogP contribution is 2.25. The van der Waals surface area contributed by atoms with Crippen LogP contribution < -0.4 is 10.6 Å². The highest BCUT2D eigenvalue weighted by atomic mass is 16.2. The van der Waals surface area contributed by atoms with Gasteiger partial charge in [0.1, 0.15) is 0 Å². The lowest BCUT2D eigenvalue weighted by molar-refractivity contribution is -0.135. The number of hydrogen-bond donors (Lipinski definition) is 2. The van der Waals surface area contributed by atoms with Gasteiger partial charge in [-0.25, -0.2) is 0 Å². The molecule has 2 unspecified atom stereocenters. The number of nitrogens with one attached hydrogen (secondary N) is 2. The lowest BCUT2D eigenvalue weighted by atomic mass is 9.94. The van der Waals surface area contributed by atoms with Crippen molar-refractivity contribution in [1.82, 2.24) is 15.5 Å². The maximum absolute atomic E-state index is 12.1. The van der Waals surface area contributed by atoms with E-state index in [9.17, 15) is 9.59 Å². The first kappa shape index (κ1) is 12.4. The van der Waals surface area contributed by atoms with Gasteiger partial charge in [-0.3, -0.25) is 9.59 Å². The molecule has 2 saturated heterocycles. The van der Waals surface area contributed by atoms with E-state index >= 15 is 0 Å². The van der Waals surface area contributed by atoms with Crippen LogP contribution in [0.1, 0.15) is 26.7 Å². The Labute approximate surface area is 102 Å². The first-order valence-electron chi connectivity index (χ1n) is 6.39. The summed E-state index contributed by atoms with van der Waals surface area (Å²) >= 11 is 0. The summed E-state index contributed by atoms with van der Waals surface area (Å²) in [7, 11) is 0. The summed E-state index contributed by atoms with van der Waals surface area (Å²) in [4.78, 5) is 25.4. The van der Waals surface area contributed by atoms with Gasteiger partial charge in [0.2, 0.25) is 11.8 Å². The standard InChI is InChI=1S/C12H21N3O2/c1-8(2)14-11(16)7-15-6-10-9(12(15)17)4-3-5-13-10/h8-10,13H,3-7H2,1-2H3,(H,14,16). The fourth-order valence-electron chi connectivity index (χ4n) is 2.69. The third-order valence-corrected chi connectivity index (χ3v) is 3.41. The molecule has 2 rings (SSSR count). The Kier molecular flexibility index (Phi) is 3.66. The van der Waals surface area contributed by atoms with E-state index in [0.717, 1.165) is 19.4 Å². The molecule has 2 aliphatic heterocycles. The van der Waals surface area contributed by atoms with Gasteiger partial charge in [0.25, 0.3) is 0 Å². The van der Waals surface area contributed by atoms with Crippen LogP contribution in [0.25, 0.3) is 0 Å². The topological polar surface area (TPSA) is 61.4 Å². The van der Waals surface area contributed by atoms with Crippen LogP contribution in [0.5, 0.6) is 0 Å². The summed E-state index contributed by atoms with van der Waals surface area (Å²) in [6, 6.07) is 0.378. The van der Waals surface area contributed by atoms with Gasteiger partial charge < -0.3 is 15.5 Å². The Morgan fingerprint density at radius 1 is 1.59 bits per heavy atom. The van der Waals surface area contributed by atoms with E-state index in [4.69, 9.17) is 0 Å². The van der Waals surface area contributed by atoms with Gasteiger partial charge in [0.05, 0.1) is 12.5 Å². The smallest absolute Gasteiger partial charge is 0.239 e. The van der Waals surface area contributed by atoms with Gasteiger partial charge in [-0.2, -0.15) is 0 Å². The normalized spacial score (nSPS) is 28.4. The molecule has 0 aromatic rings. The summed E-state index contributed by atoms with van der Waals surface area (Å²) in [6.07, 6.45) is 2.01. The molecular formula is C12H21N3O2. The van der Waals surface area contributed by atoms with E-state index in [1.54, 1.807) is 4.90 Å². The van der Waals surface area contributed by atoms with Crippen LogP contribution in [-0.4, -0.2) is 48.4 Å². The SMILES string of the molecule is CC(C)NC(=O)CN1CC2NCCCC2C1=O. The van der Waals surface area contributed by atoms with Crippen molar-refractivity contribution in [3.63, 3.8) is 0 Å². The number of piperidine rings is 1. The fraction of sp³-hybridized carbons (Fsp3) is 0.833. The molecule has 0 aliphatic carbocycles. The summed E-state index contributed by atoms with van der Waals surface area (Å²) in [5, 5.41) is 6.18. The molecule has 17 heavy (non-hydrogen) atoms. The number of nitrogens with zero attached hydrogens (tertiary/aromatic N) is 1. The predicted molar refractivity (Wildman–Crippen MR) is 64.4 cm³/mol. The molecule has 2 amide bonds. The van der Waals surface area contributed by atoms with Crippen molar-refractivity contribution in [2.75, 3.05) is 19.6 Å². The van der Waals surface area contributed by atoms with Crippen molar-refractivity contribution in [1.29, 1.82) is 0 Å². The Balaban J connectivity index is 1.90. The van der Waals surface area contributed by atoms with E-state index in [2.05, 4.69) is 10.6 Å².